The summed E-state index contributed by atoms with van der Waals surface area (Å²) in [5, 5.41) is 9.10. The molecule has 1 N–H and O–H groups in total. The van der Waals surface area contributed by atoms with Crippen molar-refractivity contribution in [2.75, 3.05) is 0 Å². The largest absolute Gasteiger partial charge is 0.295 e. The van der Waals surface area contributed by atoms with Crippen LogP contribution < -0.4 is 5.43 Å². The molecule has 0 saturated heterocycles. The maximum absolute atomic E-state index is 12.7. The van der Waals surface area contributed by atoms with Crippen LogP contribution in [0, 0.1) is 27.7 Å². The number of imidazole rings is 1. The number of aryl methyl sites for hydroxylation is 4. The van der Waals surface area contributed by atoms with Gasteiger partial charge in [0.25, 0.3) is 5.91 Å². The van der Waals surface area contributed by atoms with Gasteiger partial charge in [-0.15, -0.1) is 0 Å². The average Bonchev–Trinajstić information content (AvgIpc) is 3.19. The predicted molar refractivity (Wildman–Crippen MR) is 118 cm³/mol. The molecule has 0 fully saturated rings. The Labute approximate surface area is 179 Å². The minimum atomic E-state index is -0.349. The van der Waals surface area contributed by atoms with E-state index < -0.39 is 0 Å². The van der Waals surface area contributed by atoms with E-state index >= 15 is 0 Å². The molecule has 8 heteroatoms. The van der Waals surface area contributed by atoms with Crippen LogP contribution in [0.1, 0.15) is 38.6 Å². The van der Waals surface area contributed by atoms with Crippen molar-refractivity contribution in [2.24, 2.45) is 5.10 Å². The second-order valence-electron chi connectivity index (χ2n) is 7.17. The quantitative estimate of drug-likeness (QED) is 0.397. The van der Waals surface area contributed by atoms with Gasteiger partial charge in [-0.05, 0) is 57.0 Å². The van der Waals surface area contributed by atoms with Gasteiger partial charge in [0.1, 0.15) is 16.5 Å². The highest BCUT2D eigenvalue weighted by molar-refractivity contribution is 6.32. The Balaban J connectivity index is 1.60. The van der Waals surface area contributed by atoms with Crippen LogP contribution in [0.2, 0.25) is 5.15 Å². The van der Waals surface area contributed by atoms with Crippen LogP contribution in [0.5, 0.6) is 0 Å². The fourth-order valence-corrected chi connectivity index (χ4v) is 3.67. The van der Waals surface area contributed by atoms with E-state index in [2.05, 4.69) is 20.6 Å². The molecular weight excluding hydrogens is 400 g/mol. The van der Waals surface area contributed by atoms with Crippen molar-refractivity contribution in [1.82, 2.24) is 24.6 Å². The maximum atomic E-state index is 12.7. The molecule has 1 amide bonds. The topological polar surface area (TPSA) is 76.6 Å². The van der Waals surface area contributed by atoms with Crippen LogP contribution in [0.25, 0.3) is 11.3 Å². The summed E-state index contributed by atoms with van der Waals surface area (Å²) in [6.07, 6.45) is 3.31. The summed E-state index contributed by atoms with van der Waals surface area (Å²) in [5.74, 6) is -0.349. The second kappa shape index (κ2) is 7.76. The maximum Gasteiger partial charge on any atom is 0.290 e. The lowest BCUT2D eigenvalue weighted by molar-refractivity contribution is 0.0948. The highest BCUT2D eigenvalue weighted by Gasteiger charge is 2.17. The number of hydrogen-bond donors (Lipinski definition) is 1. The van der Waals surface area contributed by atoms with E-state index in [-0.39, 0.29) is 5.91 Å². The van der Waals surface area contributed by atoms with E-state index in [1.807, 2.05) is 57.2 Å². The van der Waals surface area contributed by atoms with Crippen molar-refractivity contribution in [1.29, 1.82) is 0 Å². The third kappa shape index (κ3) is 3.48. The Morgan fingerprint density at radius 3 is 2.73 bits per heavy atom. The highest BCUT2D eigenvalue weighted by atomic mass is 35.5. The highest BCUT2D eigenvalue weighted by Crippen LogP contribution is 2.24. The zero-order valence-corrected chi connectivity index (χ0v) is 17.9. The molecule has 152 valence electrons. The first-order valence-corrected chi connectivity index (χ1v) is 9.84. The van der Waals surface area contributed by atoms with Crippen molar-refractivity contribution >= 4 is 29.4 Å². The first-order chi connectivity index (χ1) is 14.4. The third-order valence-electron chi connectivity index (χ3n) is 4.92. The number of carbonyl (C=O) groups is 1. The fourth-order valence-electron chi connectivity index (χ4n) is 3.36. The number of halogens is 1. The van der Waals surface area contributed by atoms with Gasteiger partial charge in [0.2, 0.25) is 0 Å². The molecule has 1 aromatic carbocycles. The van der Waals surface area contributed by atoms with Crippen molar-refractivity contribution in [2.45, 2.75) is 27.7 Å². The van der Waals surface area contributed by atoms with Gasteiger partial charge in [0.05, 0.1) is 28.9 Å². The standard InChI is InChI=1S/C22H21ClN6O/c1-13-8-9-14(2)18(11-13)29-21(23)17(15(3)27-29)12-24-26-22(30)20-16(4)25-19-7-5-6-10-28(19)20/h5-12H,1-4H3,(H,26,30)/b24-12-. The summed E-state index contributed by atoms with van der Waals surface area (Å²) in [6.45, 7) is 7.67. The Bertz CT molecular complexity index is 1300. The van der Waals surface area contributed by atoms with E-state index in [1.54, 1.807) is 22.2 Å². The molecule has 0 spiro atoms. The molecule has 0 bridgehead atoms. The molecule has 0 aliphatic carbocycles. The summed E-state index contributed by atoms with van der Waals surface area (Å²) < 4.78 is 3.42. The smallest absolute Gasteiger partial charge is 0.290 e. The van der Waals surface area contributed by atoms with E-state index in [9.17, 15) is 4.79 Å². The summed E-state index contributed by atoms with van der Waals surface area (Å²) in [4.78, 5) is 17.1. The van der Waals surface area contributed by atoms with E-state index in [0.717, 1.165) is 16.8 Å². The van der Waals surface area contributed by atoms with E-state index in [0.29, 0.717) is 33.4 Å². The Hall–Kier alpha value is -3.45. The minimum Gasteiger partial charge on any atom is -0.295 e. The van der Waals surface area contributed by atoms with Crippen molar-refractivity contribution < 1.29 is 4.79 Å². The number of rotatable bonds is 4. The summed E-state index contributed by atoms with van der Waals surface area (Å²) in [7, 11) is 0. The minimum absolute atomic E-state index is 0.349. The number of fused-ring (bicyclic) bond motifs is 1. The Kier molecular flexibility index (Phi) is 5.13. The molecule has 0 aliphatic rings. The zero-order valence-electron chi connectivity index (χ0n) is 17.1. The number of carbonyl (C=O) groups excluding carboxylic acids is 1. The van der Waals surface area contributed by atoms with Crippen LogP contribution in [-0.2, 0) is 0 Å². The van der Waals surface area contributed by atoms with Crippen LogP contribution in [-0.4, -0.2) is 31.3 Å². The number of benzene rings is 1. The van der Waals surface area contributed by atoms with E-state index in [1.165, 1.54) is 6.21 Å². The third-order valence-corrected chi connectivity index (χ3v) is 5.28. The second-order valence-corrected chi connectivity index (χ2v) is 7.52. The summed E-state index contributed by atoms with van der Waals surface area (Å²) in [6, 6.07) is 11.7. The normalized spacial score (nSPS) is 11.5. The summed E-state index contributed by atoms with van der Waals surface area (Å²) in [5.41, 5.74) is 8.79. The number of hydrogen-bond acceptors (Lipinski definition) is 4. The molecular formula is C22H21ClN6O. The SMILES string of the molecule is Cc1ccc(C)c(-n2nc(C)c(/C=N\NC(=O)c3c(C)nc4ccccn34)c2Cl)c1. The predicted octanol–water partition coefficient (Wildman–Crippen LogP) is 4.17. The van der Waals surface area contributed by atoms with Crippen molar-refractivity contribution in [3.63, 3.8) is 0 Å². The molecule has 4 aromatic rings. The molecule has 30 heavy (non-hydrogen) atoms. The lowest BCUT2D eigenvalue weighted by Crippen LogP contribution is -2.20. The average molecular weight is 421 g/mol. The van der Waals surface area contributed by atoms with Crippen molar-refractivity contribution in [3.05, 3.63) is 81.5 Å². The van der Waals surface area contributed by atoms with Crippen LogP contribution in [0.4, 0.5) is 0 Å². The molecule has 7 nitrogen and oxygen atoms in total. The molecule has 0 radical (unpaired) electrons. The molecule has 3 heterocycles. The fraction of sp³-hybridized carbons (Fsp3) is 0.182. The lowest BCUT2D eigenvalue weighted by atomic mass is 10.1. The molecule has 0 saturated carbocycles. The number of hydrazone groups is 1. The molecule has 0 unspecified atom stereocenters. The number of pyridine rings is 1. The van der Waals surface area contributed by atoms with Gasteiger partial charge in [-0.2, -0.15) is 10.2 Å². The number of aromatic nitrogens is 4. The first kappa shape index (κ1) is 19.8. The van der Waals surface area contributed by atoms with Gasteiger partial charge in [0.15, 0.2) is 0 Å². The van der Waals surface area contributed by atoms with Crippen LogP contribution in [0.3, 0.4) is 0 Å². The molecule has 3 aromatic heterocycles. The molecule has 0 atom stereocenters. The zero-order chi connectivity index (χ0) is 21.4. The Morgan fingerprint density at radius 1 is 1.13 bits per heavy atom. The number of nitrogens with one attached hydrogen (secondary N) is 1. The monoisotopic (exact) mass is 420 g/mol. The van der Waals surface area contributed by atoms with Crippen LogP contribution in [0.15, 0.2) is 47.7 Å². The van der Waals surface area contributed by atoms with Gasteiger partial charge < -0.3 is 0 Å². The molecule has 0 aliphatic heterocycles. The van der Waals surface area contributed by atoms with Crippen molar-refractivity contribution in [3.8, 4) is 5.69 Å². The van der Waals surface area contributed by atoms with Gasteiger partial charge in [-0.3, -0.25) is 9.20 Å². The number of amides is 1. The van der Waals surface area contributed by atoms with Gasteiger partial charge >= 0.3 is 0 Å². The lowest BCUT2D eigenvalue weighted by Gasteiger charge is -2.08. The molecule has 4 rings (SSSR count). The van der Waals surface area contributed by atoms with Gasteiger partial charge in [-0.1, -0.05) is 29.8 Å². The summed E-state index contributed by atoms with van der Waals surface area (Å²) >= 11 is 6.59. The first-order valence-electron chi connectivity index (χ1n) is 9.46. The van der Waals surface area contributed by atoms with E-state index in [4.69, 9.17) is 11.6 Å². The van der Waals surface area contributed by atoms with Gasteiger partial charge in [0, 0.05) is 6.20 Å². The number of nitrogens with zero attached hydrogens (tertiary/aromatic N) is 5. The Morgan fingerprint density at radius 2 is 1.93 bits per heavy atom. The van der Waals surface area contributed by atoms with Gasteiger partial charge in [-0.25, -0.2) is 15.1 Å². The van der Waals surface area contributed by atoms with Crippen LogP contribution >= 0.6 is 11.6 Å².